The Kier molecular flexibility index (Phi) is 2.38. The third kappa shape index (κ3) is 2.29. The van der Waals surface area contributed by atoms with Crippen molar-refractivity contribution in [3.05, 3.63) is 29.8 Å². The van der Waals surface area contributed by atoms with E-state index in [4.69, 9.17) is 11.5 Å². The fraction of sp³-hybridized carbons (Fsp3) is 0.300. The van der Waals surface area contributed by atoms with E-state index in [-0.39, 0.29) is 5.78 Å². The Morgan fingerprint density at radius 2 is 1.69 bits per heavy atom. The van der Waals surface area contributed by atoms with Crippen molar-refractivity contribution in [2.45, 2.75) is 19.4 Å². The number of benzene rings is 1. The second-order valence-corrected chi connectivity index (χ2v) is 3.67. The van der Waals surface area contributed by atoms with Crippen LogP contribution in [0.1, 0.15) is 24.2 Å². The molecule has 3 heteroatoms. The van der Waals surface area contributed by atoms with Crippen LogP contribution in [-0.4, -0.2) is 11.3 Å². The van der Waals surface area contributed by atoms with Gasteiger partial charge in [-0.2, -0.15) is 0 Å². The summed E-state index contributed by atoms with van der Waals surface area (Å²) in [6, 6.07) is 6.76. The van der Waals surface area contributed by atoms with Gasteiger partial charge in [-0.3, -0.25) is 4.79 Å². The lowest BCUT2D eigenvalue weighted by molar-refractivity contribution is 0.0913. The van der Waals surface area contributed by atoms with Crippen LogP contribution in [0.25, 0.3) is 0 Å². The summed E-state index contributed by atoms with van der Waals surface area (Å²) >= 11 is 0. The van der Waals surface area contributed by atoms with Crippen LogP contribution >= 0.6 is 0 Å². The SMILES string of the molecule is CC(C)(N)C(=O)c1ccc(N)cc1. The molecule has 1 aromatic rings. The number of carbonyl (C=O) groups excluding carboxylic acids is 1. The molecule has 3 nitrogen and oxygen atoms in total. The van der Waals surface area contributed by atoms with Gasteiger partial charge < -0.3 is 11.5 Å². The summed E-state index contributed by atoms with van der Waals surface area (Å²) in [5.41, 5.74) is 11.6. The van der Waals surface area contributed by atoms with Gasteiger partial charge in [-0.05, 0) is 38.1 Å². The molecule has 0 saturated heterocycles. The van der Waals surface area contributed by atoms with E-state index in [0.717, 1.165) is 0 Å². The van der Waals surface area contributed by atoms with Gasteiger partial charge in [-0.15, -0.1) is 0 Å². The molecule has 1 aromatic carbocycles. The minimum Gasteiger partial charge on any atom is -0.399 e. The highest BCUT2D eigenvalue weighted by atomic mass is 16.1. The molecule has 0 spiro atoms. The van der Waals surface area contributed by atoms with Gasteiger partial charge >= 0.3 is 0 Å². The van der Waals surface area contributed by atoms with Crippen molar-refractivity contribution in [2.24, 2.45) is 5.73 Å². The largest absolute Gasteiger partial charge is 0.399 e. The van der Waals surface area contributed by atoms with Crippen molar-refractivity contribution >= 4 is 11.5 Å². The molecule has 0 aromatic heterocycles. The Morgan fingerprint density at radius 1 is 1.23 bits per heavy atom. The Bertz CT molecular complexity index is 309. The second kappa shape index (κ2) is 3.18. The number of carbonyl (C=O) groups is 1. The average molecular weight is 178 g/mol. The molecule has 0 aliphatic heterocycles. The van der Waals surface area contributed by atoms with Crippen LogP contribution in [0.5, 0.6) is 0 Å². The molecule has 1 rings (SSSR count). The molecule has 0 saturated carbocycles. The number of hydrogen-bond donors (Lipinski definition) is 2. The maximum absolute atomic E-state index is 11.6. The molecular weight excluding hydrogens is 164 g/mol. The zero-order valence-corrected chi connectivity index (χ0v) is 7.87. The number of anilines is 1. The first-order valence-corrected chi connectivity index (χ1v) is 4.10. The fourth-order valence-corrected chi connectivity index (χ4v) is 1.01. The van der Waals surface area contributed by atoms with Crippen molar-refractivity contribution < 1.29 is 4.79 Å². The first kappa shape index (κ1) is 9.74. The van der Waals surface area contributed by atoms with E-state index >= 15 is 0 Å². The summed E-state index contributed by atoms with van der Waals surface area (Å²) in [7, 11) is 0. The van der Waals surface area contributed by atoms with Crippen LogP contribution in [0.2, 0.25) is 0 Å². The Hall–Kier alpha value is -1.35. The highest BCUT2D eigenvalue weighted by molar-refractivity contribution is 6.02. The van der Waals surface area contributed by atoms with Gasteiger partial charge in [0.15, 0.2) is 5.78 Å². The maximum atomic E-state index is 11.6. The summed E-state index contributed by atoms with van der Waals surface area (Å²) in [4.78, 5) is 11.6. The minimum absolute atomic E-state index is 0.0764. The minimum atomic E-state index is -0.823. The molecule has 0 bridgehead atoms. The van der Waals surface area contributed by atoms with Gasteiger partial charge in [-0.1, -0.05) is 0 Å². The van der Waals surface area contributed by atoms with Crippen LogP contribution in [0, 0.1) is 0 Å². The summed E-state index contributed by atoms with van der Waals surface area (Å²) in [5.74, 6) is -0.0764. The van der Waals surface area contributed by atoms with Gasteiger partial charge in [0.25, 0.3) is 0 Å². The zero-order valence-electron chi connectivity index (χ0n) is 7.87. The van der Waals surface area contributed by atoms with E-state index in [0.29, 0.717) is 11.3 Å². The highest BCUT2D eigenvalue weighted by Crippen LogP contribution is 2.12. The molecule has 0 aliphatic rings. The summed E-state index contributed by atoms with van der Waals surface area (Å²) in [5, 5.41) is 0. The Labute approximate surface area is 77.7 Å². The lowest BCUT2D eigenvalue weighted by Crippen LogP contribution is -2.41. The molecule has 0 heterocycles. The van der Waals surface area contributed by atoms with E-state index < -0.39 is 5.54 Å². The van der Waals surface area contributed by atoms with Crippen molar-refractivity contribution in [1.29, 1.82) is 0 Å². The lowest BCUT2D eigenvalue weighted by Gasteiger charge is -2.16. The first-order valence-electron chi connectivity index (χ1n) is 4.10. The predicted molar refractivity (Wildman–Crippen MR) is 53.5 cm³/mol. The van der Waals surface area contributed by atoms with Gasteiger partial charge in [0, 0.05) is 11.3 Å². The van der Waals surface area contributed by atoms with Crippen LogP contribution in [0.3, 0.4) is 0 Å². The van der Waals surface area contributed by atoms with E-state index in [1.165, 1.54) is 0 Å². The molecule has 0 aliphatic carbocycles. The van der Waals surface area contributed by atoms with Gasteiger partial charge in [0.1, 0.15) is 0 Å². The summed E-state index contributed by atoms with van der Waals surface area (Å²) in [6.07, 6.45) is 0. The third-order valence-corrected chi connectivity index (χ3v) is 1.76. The number of Topliss-reactive ketones (excluding diaryl/α,β-unsaturated/α-hetero) is 1. The van der Waals surface area contributed by atoms with Crippen molar-refractivity contribution in [3.63, 3.8) is 0 Å². The monoisotopic (exact) mass is 178 g/mol. The molecule has 0 radical (unpaired) electrons. The fourth-order valence-electron chi connectivity index (χ4n) is 1.01. The Balaban J connectivity index is 2.97. The second-order valence-electron chi connectivity index (χ2n) is 3.67. The standard InChI is InChI=1S/C10H14N2O/c1-10(2,12)9(13)7-3-5-8(11)6-4-7/h3-6H,11-12H2,1-2H3. The zero-order chi connectivity index (χ0) is 10.1. The molecule has 0 fully saturated rings. The normalized spacial score (nSPS) is 11.3. The molecule has 13 heavy (non-hydrogen) atoms. The lowest BCUT2D eigenvalue weighted by atomic mass is 9.94. The van der Waals surface area contributed by atoms with Gasteiger partial charge in [0.05, 0.1) is 5.54 Å². The van der Waals surface area contributed by atoms with E-state index in [9.17, 15) is 4.79 Å². The average Bonchev–Trinajstić information content (AvgIpc) is 2.03. The van der Waals surface area contributed by atoms with Crippen LogP contribution < -0.4 is 11.5 Å². The number of hydrogen-bond acceptors (Lipinski definition) is 3. The first-order chi connectivity index (χ1) is 5.91. The number of nitrogens with two attached hydrogens (primary N) is 2. The number of nitrogen functional groups attached to an aromatic ring is 1. The summed E-state index contributed by atoms with van der Waals surface area (Å²) < 4.78 is 0. The molecule has 0 amide bonds. The molecular formula is C10H14N2O. The van der Waals surface area contributed by atoms with Crippen LogP contribution in [0.15, 0.2) is 24.3 Å². The van der Waals surface area contributed by atoms with Crippen molar-refractivity contribution in [3.8, 4) is 0 Å². The maximum Gasteiger partial charge on any atom is 0.182 e. The van der Waals surface area contributed by atoms with Crippen LogP contribution in [0.4, 0.5) is 5.69 Å². The van der Waals surface area contributed by atoms with Crippen LogP contribution in [-0.2, 0) is 0 Å². The quantitative estimate of drug-likeness (QED) is 0.528. The number of ketones is 1. The topological polar surface area (TPSA) is 69.1 Å². The molecule has 0 atom stereocenters. The predicted octanol–water partition coefficient (Wildman–Crippen LogP) is 1.19. The van der Waals surface area contributed by atoms with Gasteiger partial charge in [0.2, 0.25) is 0 Å². The summed E-state index contributed by atoms with van der Waals surface area (Å²) in [6.45, 7) is 3.37. The van der Waals surface area contributed by atoms with E-state index in [2.05, 4.69) is 0 Å². The molecule has 70 valence electrons. The Morgan fingerprint density at radius 3 is 2.08 bits per heavy atom. The van der Waals surface area contributed by atoms with Gasteiger partial charge in [-0.25, -0.2) is 0 Å². The molecule has 4 N–H and O–H groups in total. The number of rotatable bonds is 2. The van der Waals surface area contributed by atoms with E-state index in [1.807, 2.05) is 0 Å². The van der Waals surface area contributed by atoms with Crippen molar-refractivity contribution in [1.82, 2.24) is 0 Å². The smallest absolute Gasteiger partial charge is 0.182 e. The molecule has 0 unspecified atom stereocenters. The van der Waals surface area contributed by atoms with Crippen molar-refractivity contribution in [2.75, 3.05) is 5.73 Å². The van der Waals surface area contributed by atoms with E-state index in [1.54, 1.807) is 38.1 Å². The third-order valence-electron chi connectivity index (χ3n) is 1.76. The highest BCUT2D eigenvalue weighted by Gasteiger charge is 2.22.